The summed E-state index contributed by atoms with van der Waals surface area (Å²) in [6, 6.07) is 17.2. The summed E-state index contributed by atoms with van der Waals surface area (Å²) in [7, 11) is 0. The van der Waals surface area contributed by atoms with Crippen molar-refractivity contribution in [3.05, 3.63) is 77.4 Å². The number of benzene rings is 2. The van der Waals surface area contributed by atoms with E-state index < -0.39 is 0 Å². The van der Waals surface area contributed by atoms with Crippen LogP contribution >= 0.6 is 0 Å². The maximum atomic E-state index is 4.20. The highest BCUT2D eigenvalue weighted by atomic mass is 14.1. The van der Waals surface area contributed by atoms with Crippen molar-refractivity contribution < 1.29 is 0 Å². The summed E-state index contributed by atoms with van der Waals surface area (Å²) >= 11 is 0. The van der Waals surface area contributed by atoms with Crippen LogP contribution < -0.4 is 0 Å². The molecule has 0 radical (unpaired) electrons. The topological polar surface area (TPSA) is 0 Å². The molecular weight excluding hydrogens is 216 g/mol. The van der Waals surface area contributed by atoms with Gasteiger partial charge in [0, 0.05) is 0 Å². The molecular formula is C18H20. The van der Waals surface area contributed by atoms with Gasteiger partial charge < -0.3 is 0 Å². The minimum absolute atomic E-state index is 0.576. The Kier molecular flexibility index (Phi) is 3.66. The van der Waals surface area contributed by atoms with Gasteiger partial charge in [-0.15, -0.1) is 0 Å². The second-order valence-electron chi connectivity index (χ2n) is 5.12. The molecule has 2 aromatic rings. The molecule has 0 heterocycles. The summed E-state index contributed by atoms with van der Waals surface area (Å²) in [4.78, 5) is 0. The van der Waals surface area contributed by atoms with Crippen LogP contribution in [0.1, 0.15) is 42.0 Å². The van der Waals surface area contributed by atoms with Crippen LogP contribution in [0.25, 0.3) is 5.57 Å². The highest BCUT2D eigenvalue weighted by molar-refractivity contribution is 5.78. The van der Waals surface area contributed by atoms with Gasteiger partial charge in [-0.3, -0.25) is 0 Å². The minimum atomic E-state index is 0.576. The molecule has 0 fully saturated rings. The predicted octanol–water partition coefficient (Wildman–Crippen LogP) is 5.18. The van der Waals surface area contributed by atoms with E-state index in [1.54, 1.807) is 0 Å². The summed E-state index contributed by atoms with van der Waals surface area (Å²) in [5.41, 5.74) is 6.13. The quantitative estimate of drug-likeness (QED) is 0.688. The molecule has 0 heteroatoms. The van der Waals surface area contributed by atoms with Crippen LogP contribution in [0.4, 0.5) is 0 Å². The second kappa shape index (κ2) is 5.22. The van der Waals surface area contributed by atoms with E-state index in [1.165, 1.54) is 22.3 Å². The third-order valence-electron chi connectivity index (χ3n) is 3.33. The van der Waals surface area contributed by atoms with Gasteiger partial charge in [-0.1, -0.05) is 74.5 Å². The largest absolute Gasteiger partial charge is 0.0906 e. The molecule has 0 bridgehead atoms. The van der Waals surface area contributed by atoms with Crippen LogP contribution in [0.3, 0.4) is 0 Å². The van der Waals surface area contributed by atoms with E-state index in [9.17, 15) is 0 Å². The van der Waals surface area contributed by atoms with Crippen LogP contribution in [0, 0.1) is 6.92 Å². The molecule has 0 atom stereocenters. The zero-order valence-electron chi connectivity index (χ0n) is 11.4. The second-order valence-corrected chi connectivity index (χ2v) is 5.12. The van der Waals surface area contributed by atoms with Crippen LogP contribution in [-0.2, 0) is 0 Å². The van der Waals surface area contributed by atoms with Gasteiger partial charge >= 0.3 is 0 Å². The van der Waals surface area contributed by atoms with Gasteiger partial charge in [-0.25, -0.2) is 0 Å². The van der Waals surface area contributed by atoms with E-state index in [-0.39, 0.29) is 0 Å². The highest BCUT2D eigenvalue weighted by Crippen LogP contribution is 2.23. The van der Waals surface area contributed by atoms with Crippen LogP contribution in [-0.4, -0.2) is 0 Å². The van der Waals surface area contributed by atoms with E-state index in [2.05, 4.69) is 75.9 Å². The molecule has 92 valence electrons. The Balaban J connectivity index is 2.26. The van der Waals surface area contributed by atoms with Gasteiger partial charge in [0.2, 0.25) is 0 Å². The maximum Gasteiger partial charge on any atom is -0.0183 e. The molecule has 0 saturated carbocycles. The lowest BCUT2D eigenvalue weighted by Gasteiger charge is -2.09. The summed E-state index contributed by atoms with van der Waals surface area (Å²) in [5.74, 6) is 0.576. The predicted molar refractivity (Wildman–Crippen MR) is 79.8 cm³/mol. The van der Waals surface area contributed by atoms with Crippen LogP contribution in [0.5, 0.6) is 0 Å². The highest BCUT2D eigenvalue weighted by Gasteiger charge is 2.03. The molecule has 0 aliphatic carbocycles. The first-order valence-electron chi connectivity index (χ1n) is 6.44. The first-order chi connectivity index (χ1) is 8.58. The Morgan fingerprint density at radius 2 is 1.28 bits per heavy atom. The Labute approximate surface area is 110 Å². The van der Waals surface area contributed by atoms with Crippen molar-refractivity contribution >= 4 is 5.57 Å². The van der Waals surface area contributed by atoms with Crippen molar-refractivity contribution in [2.75, 3.05) is 0 Å². The van der Waals surface area contributed by atoms with Gasteiger partial charge in [0.25, 0.3) is 0 Å². The minimum Gasteiger partial charge on any atom is -0.0906 e. The number of hydrogen-bond donors (Lipinski definition) is 0. The van der Waals surface area contributed by atoms with Gasteiger partial charge in [0.05, 0.1) is 0 Å². The van der Waals surface area contributed by atoms with E-state index in [0.29, 0.717) is 5.92 Å². The third-order valence-corrected chi connectivity index (χ3v) is 3.33. The molecule has 0 spiro atoms. The van der Waals surface area contributed by atoms with Crippen molar-refractivity contribution in [1.29, 1.82) is 0 Å². The molecule has 18 heavy (non-hydrogen) atoms. The Hall–Kier alpha value is -1.82. The normalized spacial score (nSPS) is 10.7. The van der Waals surface area contributed by atoms with Crippen LogP contribution in [0.2, 0.25) is 0 Å². The first kappa shape index (κ1) is 12.6. The van der Waals surface area contributed by atoms with Gasteiger partial charge in [0.15, 0.2) is 0 Å². The number of rotatable bonds is 3. The van der Waals surface area contributed by atoms with Crippen molar-refractivity contribution in [2.45, 2.75) is 26.7 Å². The van der Waals surface area contributed by atoms with E-state index in [0.717, 1.165) is 5.57 Å². The van der Waals surface area contributed by atoms with Gasteiger partial charge in [0.1, 0.15) is 0 Å². The molecule has 0 N–H and O–H groups in total. The smallest absolute Gasteiger partial charge is 0.0183 e. The lowest BCUT2D eigenvalue weighted by atomic mass is 9.95. The summed E-state index contributed by atoms with van der Waals surface area (Å²) in [5, 5.41) is 0. The molecule has 0 nitrogen and oxygen atoms in total. The summed E-state index contributed by atoms with van der Waals surface area (Å²) in [6.45, 7) is 10.7. The Bertz CT molecular complexity index is 527. The van der Waals surface area contributed by atoms with Crippen molar-refractivity contribution in [2.24, 2.45) is 0 Å². The molecule has 0 unspecified atom stereocenters. The Morgan fingerprint density at radius 1 is 0.833 bits per heavy atom. The monoisotopic (exact) mass is 236 g/mol. The molecule has 2 aromatic carbocycles. The summed E-state index contributed by atoms with van der Waals surface area (Å²) < 4.78 is 0. The Morgan fingerprint density at radius 3 is 1.72 bits per heavy atom. The molecule has 0 aliphatic heterocycles. The van der Waals surface area contributed by atoms with E-state index in [1.807, 2.05) is 0 Å². The number of hydrogen-bond acceptors (Lipinski definition) is 0. The van der Waals surface area contributed by atoms with Crippen molar-refractivity contribution in [3.8, 4) is 0 Å². The molecule has 0 amide bonds. The first-order valence-corrected chi connectivity index (χ1v) is 6.44. The SMILES string of the molecule is C=C(c1ccc(C)cc1)c1ccc(C(C)C)cc1. The molecule has 2 rings (SSSR count). The van der Waals surface area contributed by atoms with E-state index in [4.69, 9.17) is 0 Å². The fraction of sp³-hybridized carbons (Fsp3) is 0.222. The van der Waals surface area contributed by atoms with Crippen LogP contribution in [0.15, 0.2) is 55.1 Å². The zero-order valence-corrected chi connectivity index (χ0v) is 11.4. The molecule has 0 aromatic heterocycles. The lowest BCUT2D eigenvalue weighted by molar-refractivity contribution is 0.866. The zero-order chi connectivity index (χ0) is 13.1. The van der Waals surface area contributed by atoms with Crippen molar-refractivity contribution in [1.82, 2.24) is 0 Å². The fourth-order valence-electron chi connectivity index (χ4n) is 1.99. The fourth-order valence-corrected chi connectivity index (χ4v) is 1.99. The molecule has 0 saturated heterocycles. The maximum absolute atomic E-state index is 4.20. The average Bonchev–Trinajstić information content (AvgIpc) is 2.39. The number of aryl methyl sites for hydroxylation is 1. The average molecular weight is 236 g/mol. The van der Waals surface area contributed by atoms with Gasteiger partial charge in [-0.2, -0.15) is 0 Å². The van der Waals surface area contributed by atoms with Gasteiger partial charge in [-0.05, 0) is 35.1 Å². The molecule has 0 aliphatic rings. The van der Waals surface area contributed by atoms with Crippen molar-refractivity contribution in [3.63, 3.8) is 0 Å². The lowest BCUT2D eigenvalue weighted by Crippen LogP contribution is -1.90. The standard InChI is InChI=1S/C18H20/c1-13(2)16-9-11-18(12-10-16)15(4)17-7-5-14(3)6-8-17/h5-13H,4H2,1-3H3. The third kappa shape index (κ3) is 2.70. The summed E-state index contributed by atoms with van der Waals surface area (Å²) in [6.07, 6.45) is 0. The van der Waals surface area contributed by atoms with E-state index >= 15 is 0 Å².